The normalized spacial score (nSPS) is 25.3. The van der Waals surface area contributed by atoms with Crippen molar-refractivity contribution in [1.82, 2.24) is 19.5 Å². The zero-order chi connectivity index (χ0) is 22.3. The summed E-state index contributed by atoms with van der Waals surface area (Å²) in [7, 11) is -2.29. The predicted molar refractivity (Wildman–Crippen MR) is 115 cm³/mol. The molecule has 0 saturated carbocycles. The molecule has 2 aliphatic rings. The van der Waals surface area contributed by atoms with E-state index in [1.807, 2.05) is 16.7 Å². The van der Waals surface area contributed by atoms with Gasteiger partial charge in [0.25, 0.3) is 0 Å². The van der Waals surface area contributed by atoms with Crippen LogP contribution in [0.25, 0.3) is 11.2 Å². The van der Waals surface area contributed by atoms with Gasteiger partial charge in [0.2, 0.25) is 0 Å². The summed E-state index contributed by atoms with van der Waals surface area (Å²) in [4.78, 5) is 13.4. The Bertz CT molecular complexity index is 1230. The summed E-state index contributed by atoms with van der Waals surface area (Å²) in [5.74, 6) is 0.615. The van der Waals surface area contributed by atoms with E-state index in [1.165, 1.54) is 17.5 Å². The summed E-state index contributed by atoms with van der Waals surface area (Å²) in [6, 6.07) is 8.20. The molecule has 1 saturated heterocycles. The second-order valence-corrected chi connectivity index (χ2v) is 9.13. The molecule has 3 aromatic rings. The van der Waals surface area contributed by atoms with E-state index >= 15 is 0 Å². The zero-order valence-electron chi connectivity index (χ0n) is 17.4. The van der Waals surface area contributed by atoms with Crippen LogP contribution < -0.4 is 10.5 Å². The van der Waals surface area contributed by atoms with Crippen molar-refractivity contribution in [2.45, 2.75) is 43.7 Å². The van der Waals surface area contributed by atoms with E-state index in [-0.39, 0.29) is 31.1 Å². The number of methoxy groups -OCH3 is 1. The van der Waals surface area contributed by atoms with Crippen LogP contribution in [0.5, 0.6) is 0 Å². The van der Waals surface area contributed by atoms with Crippen molar-refractivity contribution in [1.29, 1.82) is 0 Å². The molecule has 3 N–H and O–H groups in total. The van der Waals surface area contributed by atoms with Gasteiger partial charge in [-0.2, -0.15) is 8.42 Å². The lowest BCUT2D eigenvalue weighted by atomic mass is 10.1. The minimum absolute atomic E-state index is 0.0164. The number of benzene rings is 1. The summed E-state index contributed by atoms with van der Waals surface area (Å²) in [5, 5.41) is 8.39. The van der Waals surface area contributed by atoms with E-state index in [0.29, 0.717) is 29.8 Å². The first-order chi connectivity index (χ1) is 15.4. The molecule has 1 fully saturated rings. The van der Waals surface area contributed by atoms with Crippen LogP contribution in [0.4, 0.5) is 5.82 Å². The third-order valence-corrected chi connectivity index (χ3v) is 6.41. The van der Waals surface area contributed by atoms with Gasteiger partial charge in [-0.3, -0.25) is 8.75 Å². The first kappa shape index (κ1) is 21.2. The Morgan fingerprint density at radius 2 is 2.09 bits per heavy atom. The molecular weight excluding hydrogens is 436 g/mol. The fourth-order valence-electron chi connectivity index (χ4n) is 4.45. The topological polar surface area (TPSA) is 143 Å². The highest BCUT2D eigenvalue weighted by Crippen LogP contribution is 2.37. The Labute approximate surface area is 185 Å². The molecule has 0 amide bonds. The highest BCUT2D eigenvalue weighted by Gasteiger charge is 2.34. The van der Waals surface area contributed by atoms with Gasteiger partial charge in [-0.1, -0.05) is 24.3 Å². The number of hydrogen-bond acceptors (Lipinski definition) is 9. The van der Waals surface area contributed by atoms with Crippen molar-refractivity contribution in [3.05, 3.63) is 48.0 Å². The molecule has 3 heterocycles. The molecule has 1 aliphatic heterocycles. The summed E-state index contributed by atoms with van der Waals surface area (Å²) in [5.41, 5.74) is 3.68. The van der Waals surface area contributed by atoms with Gasteiger partial charge in [0.05, 0.1) is 31.2 Å². The van der Waals surface area contributed by atoms with Gasteiger partial charge in [-0.25, -0.2) is 20.1 Å². The average molecular weight is 461 g/mol. The SMILES string of the molecule is COC1Cc2ccccc2C1Nc1ncnc2c1ncn2[C@H]1CC[C@@H](COS(N)(=O)=O)O1. The van der Waals surface area contributed by atoms with Crippen LogP contribution in [-0.2, 0) is 30.4 Å². The van der Waals surface area contributed by atoms with Crippen LogP contribution in [0.15, 0.2) is 36.9 Å². The lowest BCUT2D eigenvalue weighted by Gasteiger charge is -2.21. The van der Waals surface area contributed by atoms with Gasteiger partial charge in [-0.15, -0.1) is 0 Å². The molecule has 0 bridgehead atoms. The highest BCUT2D eigenvalue weighted by molar-refractivity contribution is 7.84. The lowest BCUT2D eigenvalue weighted by molar-refractivity contribution is -0.0149. The maximum absolute atomic E-state index is 11.0. The van der Waals surface area contributed by atoms with Gasteiger partial charge in [0.1, 0.15) is 12.6 Å². The molecule has 0 spiro atoms. The van der Waals surface area contributed by atoms with Crippen molar-refractivity contribution in [2.75, 3.05) is 19.0 Å². The number of imidazole rings is 1. The lowest BCUT2D eigenvalue weighted by Crippen LogP contribution is -2.24. The fourth-order valence-corrected chi connectivity index (χ4v) is 4.79. The average Bonchev–Trinajstić information content (AvgIpc) is 3.49. The molecule has 170 valence electrons. The molecule has 1 aromatic carbocycles. The fraction of sp³-hybridized carbons (Fsp3) is 0.450. The molecule has 2 aromatic heterocycles. The van der Waals surface area contributed by atoms with Crippen molar-refractivity contribution in [2.24, 2.45) is 5.14 Å². The molecule has 12 heteroatoms. The number of hydrogen-bond donors (Lipinski definition) is 2. The number of nitrogens with zero attached hydrogens (tertiary/aromatic N) is 4. The summed E-state index contributed by atoms with van der Waals surface area (Å²) in [6.45, 7) is -0.122. The number of fused-ring (bicyclic) bond motifs is 2. The second kappa shape index (κ2) is 8.37. The molecule has 0 radical (unpaired) electrons. The number of rotatable bonds is 7. The molecule has 1 aliphatic carbocycles. The Hall–Kier alpha value is -2.64. The van der Waals surface area contributed by atoms with E-state index in [2.05, 4.69) is 36.6 Å². The third-order valence-electron chi connectivity index (χ3n) is 5.95. The molecule has 11 nitrogen and oxygen atoms in total. The molecule has 2 unspecified atom stereocenters. The van der Waals surface area contributed by atoms with E-state index in [0.717, 1.165) is 6.42 Å². The number of nitrogens with one attached hydrogen (secondary N) is 1. The van der Waals surface area contributed by atoms with E-state index in [4.69, 9.17) is 14.6 Å². The van der Waals surface area contributed by atoms with Gasteiger partial charge >= 0.3 is 10.3 Å². The van der Waals surface area contributed by atoms with Crippen molar-refractivity contribution < 1.29 is 22.1 Å². The Balaban J connectivity index is 1.37. The van der Waals surface area contributed by atoms with Gasteiger partial charge < -0.3 is 14.8 Å². The first-order valence-corrected chi connectivity index (χ1v) is 11.8. The standard InChI is InChI=1S/C20H24N6O5S/c1-29-15-8-12-4-2-3-5-14(12)17(15)25-19-18-20(23-10-22-19)26(11-24-18)16-7-6-13(31-16)9-30-32(21,27)28/h2-5,10-11,13,15-17H,6-9H2,1H3,(H2,21,27,28)(H,22,23,25)/t13-,15?,16+,17?/m0/s1. The van der Waals surface area contributed by atoms with Gasteiger partial charge in [0, 0.05) is 13.5 Å². The third kappa shape index (κ3) is 4.07. The smallest absolute Gasteiger partial charge is 0.333 e. The molecule has 4 atom stereocenters. The van der Waals surface area contributed by atoms with Crippen LogP contribution in [-0.4, -0.2) is 53.9 Å². The summed E-state index contributed by atoms with van der Waals surface area (Å²) < 4.78 is 40.2. The van der Waals surface area contributed by atoms with Gasteiger partial charge in [0.15, 0.2) is 17.0 Å². The van der Waals surface area contributed by atoms with E-state index in [9.17, 15) is 8.42 Å². The first-order valence-electron chi connectivity index (χ1n) is 10.3. The molecule has 5 rings (SSSR count). The minimum atomic E-state index is -4.00. The van der Waals surface area contributed by atoms with Crippen molar-refractivity contribution in [3.8, 4) is 0 Å². The van der Waals surface area contributed by atoms with Gasteiger partial charge in [-0.05, 0) is 24.0 Å². The van der Waals surface area contributed by atoms with E-state index < -0.39 is 10.3 Å². The number of anilines is 1. The molecular formula is C20H24N6O5S. The van der Waals surface area contributed by atoms with Crippen LogP contribution in [0, 0.1) is 0 Å². The molecule has 32 heavy (non-hydrogen) atoms. The number of ether oxygens (including phenoxy) is 2. The Morgan fingerprint density at radius 3 is 2.91 bits per heavy atom. The predicted octanol–water partition coefficient (Wildman–Crippen LogP) is 1.45. The summed E-state index contributed by atoms with van der Waals surface area (Å²) in [6.07, 6.45) is 4.53. The van der Waals surface area contributed by atoms with Crippen LogP contribution >= 0.6 is 0 Å². The Morgan fingerprint density at radius 1 is 1.25 bits per heavy atom. The highest BCUT2D eigenvalue weighted by atomic mass is 32.2. The maximum Gasteiger partial charge on any atom is 0.333 e. The number of aromatic nitrogens is 4. The quantitative estimate of drug-likeness (QED) is 0.535. The monoisotopic (exact) mass is 460 g/mol. The minimum Gasteiger partial charge on any atom is -0.379 e. The largest absolute Gasteiger partial charge is 0.379 e. The van der Waals surface area contributed by atoms with Crippen LogP contribution in [0.2, 0.25) is 0 Å². The van der Waals surface area contributed by atoms with E-state index in [1.54, 1.807) is 13.4 Å². The van der Waals surface area contributed by atoms with Crippen molar-refractivity contribution in [3.63, 3.8) is 0 Å². The number of nitrogens with two attached hydrogens (primary N) is 1. The second-order valence-electron chi connectivity index (χ2n) is 7.91. The zero-order valence-corrected chi connectivity index (χ0v) is 18.2. The Kier molecular flexibility index (Phi) is 5.55. The van der Waals surface area contributed by atoms with Crippen LogP contribution in [0.3, 0.4) is 0 Å². The summed E-state index contributed by atoms with van der Waals surface area (Å²) >= 11 is 0. The van der Waals surface area contributed by atoms with Crippen molar-refractivity contribution >= 4 is 27.3 Å². The van der Waals surface area contributed by atoms with Crippen LogP contribution in [0.1, 0.15) is 36.2 Å². The maximum atomic E-state index is 11.0.